The second-order valence-corrected chi connectivity index (χ2v) is 4.87. The van der Waals surface area contributed by atoms with Crippen molar-refractivity contribution in [3.63, 3.8) is 0 Å². The molecule has 1 aromatic carbocycles. The summed E-state index contributed by atoms with van der Waals surface area (Å²) in [5.41, 5.74) is 8.27. The van der Waals surface area contributed by atoms with Crippen molar-refractivity contribution in [2.75, 3.05) is 5.32 Å². The number of hydrogen-bond donors (Lipinski definition) is 2. The van der Waals surface area contributed by atoms with Gasteiger partial charge in [-0.1, -0.05) is 25.0 Å². The van der Waals surface area contributed by atoms with Crippen molar-refractivity contribution in [3.05, 3.63) is 29.8 Å². The highest BCUT2D eigenvalue weighted by Gasteiger charge is 2.22. The van der Waals surface area contributed by atoms with Crippen LogP contribution in [0.5, 0.6) is 0 Å². The van der Waals surface area contributed by atoms with Crippen molar-refractivity contribution in [2.24, 2.45) is 11.7 Å². The SMILES string of the molecule is CC(=O)Nc1ccc([C@H](N)C2CCCC2)cc1.Cl. The summed E-state index contributed by atoms with van der Waals surface area (Å²) < 4.78 is 0. The standard InChI is InChI=1S/C14H20N2O.ClH/c1-10(17)16-13-8-6-12(7-9-13)14(15)11-4-2-3-5-11;/h6-9,11,14H,2-5,15H2,1H3,(H,16,17);1H/t14-;/m1./s1. The van der Waals surface area contributed by atoms with Gasteiger partial charge in [0.15, 0.2) is 0 Å². The molecule has 1 aromatic rings. The number of amides is 1. The van der Waals surface area contributed by atoms with Crippen LogP contribution in [-0.4, -0.2) is 5.91 Å². The molecule has 0 aromatic heterocycles. The molecule has 0 unspecified atom stereocenters. The summed E-state index contributed by atoms with van der Waals surface area (Å²) in [4.78, 5) is 10.9. The number of hydrogen-bond acceptors (Lipinski definition) is 2. The molecule has 0 radical (unpaired) electrons. The highest BCUT2D eigenvalue weighted by atomic mass is 35.5. The Balaban J connectivity index is 0.00000162. The molecule has 3 nitrogen and oxygen atoms in total. The molecule has 18 heavy (non-hydrogen) atoms. The zero-order chi connectivity index (χ0) is 12.3. The highest BCUT2D eigenvalue weighted by molar-refractivity contribution is 5.88. The van der Waals surface area contributed by atoms with Crippen LogP contribution < -0.4 is 11.1 Å². The Bertz CT molecular complexity index is 385. The molecule has 100 valence electrons. The van der Waals surface area contributed by atoms with Crippen molar-refractivity contribution in [3.8, 4) is 0 Å². The van der Waals surface area contributed by atoms with Gasteiger partial charge in [0, 0.05) is 18.7 Å². The van der Waals surface area contributed by atoms with Gasteiger partial charge in [-0.05, 0) is 36.5 Å². The van der Waals surface area contributed by atoms with Crippen LogP contribution >= 0.6 is 12.4 Å². The summed E-state index contributed by atoms with van der Waals surface area (Å²) >= 11 is 0. The Kier molecular flexibility index (Phi) is 5.63. The van der Waals surface area contributed by atoms with Gasteiger partial charge in [0.1, 0.15) is 0 Å². The molecule has 0 bridgehead atoms. The van der Waals surface area contributed by atoms with Gasteiger partial charge in [-0.25, -0.2) is 0 Å². The zero-order valence-electron chi connectivity index (χ0n) is 10.7. The van der Waals surface area contributed by atoms with E-state index in [9.17, 15) is 4.79 Å². The van der Waals surface area contributed by atoms with Gasteiger partial charge in [-0.15, -0.1) is 12.4 Å². The van der Waals surface area contributed by atoms with Crippen LogP contribution in [0.1, 0.15) is 44.2 Å². The van der Waals surface area contributed by atoms with Gasteiger partial charge in [-0.3, -0.25) is 4.79 Å². The van der Waals surface area contributed by atoms with E-state index in [1.165, 1.54) is 38.2 Å². The summed E-state index contributed by atoms with van der Waals surface area (Å²) in [6.07, 6.45) is 5.11. The number of nitrogens with two attached hydrogens (primary N) is 1. The molecule has 0 saturated heterocycles. The minimum absolute atomic E-state index is 0. The predicted octanol–water partition coefficient (Wildman–Crippen LogP) is 3.26. The van der Waals surface area contributed by atoms with E-state index >= 15 is 0 Å². The van der Waals surface area contributed by atoms with E-state index in [0.717, 1.165) is 5.69 Å². The van der Waals surface area contributed by atoms with Crippen molar-refractivity contribution >= 4 is 24.0 Å². The first-order valence-electron chi connectivity index (χ1n) is 6.30. The van der Waals surface area contributed by atoms with Gasteiger partial charge < -0.3 is 11.1 Å². The predicted molar refractivity (Wildman–Crippen MR) is 76.9 cm³/mol. The van der Waals surface area contributed by atoms with E-state index in [4.69, 9.17) is 5.73 Å². The van der Waals surface area contributed by atoms with Gasteiger partial charge in [0.2, 0.25) is 5.91 Å². The Hall–Kier alpha value is -1.06. The number of halogens is 1. The Morgan fingerprint density at radius 2 is 1.83 bits per heavy atom. The van der Waals surface area contributed by atoms with E-state index in [1.54, 1.807) is 0 Å². The van der Waals surface area contributed by atoms with Crippen LogP contribution in [0.3, 0.4) is 0 Å². The van der Waals surface area contributed by atoms with Crippen molar-refractivity contribution in [2.45, 2.75) is 38.6 Å². The molecule has 1 aliphatic carbocycles. The molecule has 1 amide bonds. The number of carbonyl (C=O) groups is 1. The third-order valence-electron chi connectivity index (χ3n) is 3.52. The topological polar surface area (TPSA) is 55.1 Å². The van der Waals surface area contributed by atoms with Crippen LogP contribution in [0.25, 0.3) is 0 Å². The first kappa shape index (κ1) is 15.0. The van der Waals surface area contributed by atoms with E-state index in [2.05, 4.69) is 5.32 Å². The number of carbonyl (C=O) groups excluding carboxylic acids is 1. The maximum atomic E-state index is 10.9. The molecule has 0 aliphatic heterocycles. The second-order valence-electron chi connectivity index (χ2n) is 4.87. The lowest BCUT2D eigenvalue weighted by Gasteiger charge is -2.19. The summed E-state index contributed by atoms with van der Waals surface area (Å²) in [5.74, 6) is 0.583. The third-order valence-corrected chi connectivity index (χ3v) is 3.52. The lowest BCUT2D eigenvalue weighted by molar-refractivity contribution is -0.114. The molecule has 1 atom stereocenters. The first-order valence-corrected chi connectivity index (χ1v) is 6.30. The van der Waals surface area contributed by atoms with Crippen molar-refractivity contribution in [1.29, 1.82) is 0 Å². The highest BCUT2D eigenvalue weighted by Crippen LogP contribution is 2.34. The molecule has 2 rings (SSSR count). The summed E-state index contributed by atoms with van der Waals surface area (Å²) in [5, 5.41) is 2.76. The van der Waals surface area contributed by atoms with Crippen LogP contribution in [0.2, 0.25) is 0 Å². The molecule has 3 N–H and O–H groups in total. The van der Waals surface area contributed by atoms with Crippen LogP contribution in [-0.2, 0) is 4.79 Å². The number of benzene rings is 1. The monoisotopic (exact) mass is 268 g/mol. The fourth-order valence-electron chi connectivity index (χ4n) is 2.58. The molecule has 0 spiro atoms. The normalized spacial score (nSPS) is 17.0. The lowest BCUT2D eigenvalue weighted by Crippen LogP contribution is -2.19. The third kappa shape index (κ3) is 3.72. The Morgan fingerprint density at radius 3 is 2.33 bits per heavy atom. The largest absolute Gasteiger partial charge is 0.326 e. The number of nitrogens with one attached hydrogen (secondary N) is 1. The van der Waals surface area contributed by atoms with Crippen LogP contribution in [0.4, 0.5) is 5.69 Å². The molecule has 4 heteroatoms. The van der Waals surface area contributed by atoms with E-state index < -0.39 is 0 Å². The zero-order valence-corrected chi connectivity index (χ0v) is 11.5. The molecule has 1 aliphatic rings. The maximum Gasteiger partial charge on any atom is 0.221 e. The maximum absolute atomic E-state index is 10.9. The van der Waals surface area contributed by atoms with Crippen LogP contribution in [0, 0.1) is 5.92 Å². The fourth-order valence-corrected chi connectivity index (χ4v) is 2.58. The minimum atomic E-state index is -0.0437. The second kappa shape index (κ2) is 6.76. The number of anilines is 1. The van der Waals surface area contributed by atoms with Crippen molar-refractivity contribution in [1.82, 2.24) is 0 Å². The quantitative estimate of drug-likeness (QED) is 0.884. The summed E-state index contributed by atoms with van der Waals surface area (Å²) in [7, 11) is 0. The van der Waals surface area contributed by atoms with Gasteiger partial charge in [0.25, 0.3) is 0 Å². The average Bonchev–Trinajstić information content (AvgIpc) is 2.82. The fraction of sp³-hybridized carbons (Fsp3) is 0.500. The smallest absolute Gasteiger partial charge is 0.221 e. The van der Waals surface area contributed by atoms with Gasteiger partial charge in [-0.2, -0.15) is 0 Å². The van der Waals surface area contributed by atoms with Gasteiger partial charge >= 0.3 is 0 Å². The molecule has 1 fully saturated rings. The molecule has 1 saturated carbocycles. The average molecular weight is 269 g/mol. The summed E-state index contributed by atoms with van der Waals surface area (Å²) in [6, 6.07) is 8.03. The molecule has 0 heterocycles. The van der Waals surface area contributed by atoms with E-state index in [-0.39, 0.29) is 24.4 Å². The summed E-state index contributed by atoms with van der Waals surface area (Å²) in [6.45, 7) is 1.51. The van der Waals surface area contributed by atoms with Crippen LogP contribution in [0.15, 0.2) is 24.3 Å². The molecular formula is C14H21ClN2O. The number of rotatable bonds is 3. The molecular weight excluding hydrogens is 248 g/mol. The van der Waals surface area contributed by atoms with Gasteiger partial charge in [0.05, 0.1) is 0 Å². The van der Waals surface area contributed by atoms with Crippen molar-refractivity contribution < 1.29 is 4.79 Å². The first-order chi connectivity index (χ1) is 8.16. The van der Waals surface area contributed by atoms with E-state index in [1.807, 2.05) is 24.3 Å². The Labute approximate surface area is 115 Å². The van der Waals surface area contributed by atoms with E-state index in [0.29, 0.717) is 5.92 Å². The Morgan fingerprint density at radius 1 is 1.28 bits per heavy atom. The minimum Gasteiger partial charge on any atom is -0.326 e. The lowest BCUT2D eigenvalue weighted by atomic mass is 9.92.